The van der Waals surface area contributed by atoms with Crippen LogP contribution >= 0.6 is 0 Å². The molecule has 0 N–H and O–H groups in total. The number of Topliss-reactive ketones (excluding diaryl/α,β-unsaturated/α-hetero) is 1. The van der Waals surface area contributed by atoms with Crippen LogP contribution in [0.2, 0.25) is 0 Å². The summed E-state index contributed by atoms with van der Waals surface area (Å²) in [5.41, 5.74) is 1.35. The van der Waals surface area contributed by atoms with Crippen molar-refractivity contribution >= 4 is 31.7 Å². The maximum atomic E-state index is 13.0. The highest BCUT2D eigenvalue weighted by atomic mass is 32.2. The Morgan fingerprint density at radius 3 is 2.54 bits per heavy atom. The zero-order valence-electron chi connectivity index (χ0n) is 13.5. The van der Waals surface area contributed by atoms with E-state index in [1.165, 1.54) is 12.2 Å². The van der Waals surface area contributed by atoms with Crippen LogP contribution in [0.15, 0.2) is 27.2 Å². The molecule has 1 aromatic rings. The molecule has 0 aromatic carbocycles. The van der Waals surface area contributed by atoms with Gasteiger partial charge in [-0.25, -0.2) is 12.6 Å². The minimum Gasteiger partial charge on any atom is -0.360 e. The molecule has 1 aromatic heterocycles. The second-order valence-corrected chi connectivity index (χ2v) is 8.80. The third kappa shape index (κ3) is 2.84. The summed E-state index contributed by atoms with van der Waals surface area (Å²) >= 11 is 0.121. The minimum absolute atomic E-state index is 0.0176. The van der Waals surface area contributed by atoms with Gasteiger partial charge in [-0.15, -0.1) is 0 Å². The molecule has 3 rings (SSSR count). The second-order valence-electron chi connectivity index (χ2n) is 6.20. The van der Waals surface area contributed by atoms with Gasteiger partial charge in [-0.2, -0.15) is 0 Å². The average Bonchev–Trinajstić information content (AvgIpc) is 3.28. The highest BCUT2D eigenvalue weighted by Gasteiger charge is 2.37. The fraction of sp³-hybridized carbons (Fsp3) is 0.438. The van der Waals surface area contributed by atoms with Crippen LogP contribution < -0.4 is 0 Å². The first-order valence-electron chi connectivity index (χ1n) is 7.55. The zero-order chi connectivity index (χ0) is 17.6. The topological polar surface area (TPSA) is 94.3 Å². The number of hydrogen-bond donors (Lipinski definition) is 0. The van der Waals surface area contributed by atoms with Crippen LogP contribution in [-0.4, -0.2) is 34.7 Å². The molecule has 24 heavy (non-hydrogen) atoms. The Bertz CT molecular complexity index is 941. The lowest BCUT2D eigenvalue weighted by Gasteiger charge is -2.21. The van der Waals surface area contributed by atoms with Crippen LogP contribution in [0, 0.1) is 12.8 Å². The lowest BCUT2D eigenvalue weighted by molar-refractivity contribution is 0.102. The van der Waals surface area contributed by atoms with Gasteiger partial charge < -0.3 is 4.52 Å². The Labute approximate surface area is 143 Å². The Balaban J connectivity index is 2.08. The summed E-state index contributed by atoms with van der Waals surface area (Å²) in [6, 6.07) is 0. The zero-order valence-corrected chi connectivity index (χ0v) is 15.2. The van der Waals surface area contributed by atoms with Gasteiger partial charge in [0.05, 0.1) is 32.3 Å². The summed E-state index contributed by atoms with van der Waals surface area (Å²) < 4.78 is 40.4. The average molecular weight is 367 g/mol. The van der Waals surface area contributed by atoms with E-state index in [1.54, 1.807) is 13.8 Å². The molecule has 6 nitrogen and oxygen atoms in total. The summed E-state index contributed by atoms with van der Waals surface area (Å²) in [5.74, 6) is -0.0153. The van der Waals surface area contributed by atoms with Crippen molar-refractivity contribution < 1.29 is 21.9 Å². The van der Waals surface area contributed by atoms with Gasteiger partial charge in [-0.3, -0.25) is 4.79 Å². The summed E-state index contributed by atoms with van der Waals surface area (Å²) in [5, 5.41) is 3.90. The number of allylic oxidation sites excluding steroid dienone is 4. The first-order valence-corrected chi connectivity index (χ1v) is 10.2. The van der Waals surface area contributed by atoms with Gasteiger partial charge in [-0.05, 0) is 25.8 Å². The van der Waals surface area contributed by atoms with E-state index in [4.69, 9.17) is 4.52 Å². The number of nitrogens with zero attached hydrogens (tertiary/aromatic N) is 1. The van der Waals surface area contributed by atoms with Crippen molar-refractivity contribution in [3.63, 3.8) is 0 Å². The molecule has 0 amide bonds. The van der Waals surface area contributed by atoms with Gasteiger partial charge in [0, 0.05) is 23.7 Å². The molecule has 1 unspecified atom stereocenters. The number of ketones is 1. The van der Waals surface area contributed by atoms with Crippen LogP contribution in [0.1, 0.15) is 47.5 Å². The standard InChI is InChI=1S/C16H17NO5S2/c1-8-11(6-7-12(16(8)23-19)24(3,20)21)14(18)13-9(2)17-22-15(13)10-4-5-10/h6-8,10H,4-5H2,1-3H3. The Morgan fingerprint density at radius 1 is 1.33 bits per heavy atom. The van der Waals surface area contributed by atoms with Crippen molar-refractivity contribution in [1.29, 1.82) is 0 Å². The van der Waals surface area contributed by atoms with Crippen molar-refractivity contribution in [2.45, 2.75) is 32.6 Å². The van der Waals surface area contributed by atoms with Gasteiger partial charge >= 0.3 is 0 Å². The number of sulfone groups is 1. The maximum Gasteiger partial charge on any atom is 0.195 e. The van der Waals surface area contributed by atoms with E-state index in [0.29, 0.717) is 22.6 Å². The van der Waals surface area contributed by atoms with E-state index < -0.39 is 15.8 Å². The molecule has 128 valence electrons. The lowest BCUT2D eigenvalue weighted by Crippen LogP contribution is -2.27. The van der Waals surface area contributed by atoms with Crippen LogP contribution in [0.4, 0.5) is 0 Å². The van der Waals surface area contributed by atoms with Gasteiger partial charge in [0.1, 0.15) is 0 Å². The van der Waals surface area contributed by atoms with Crippen molar-refractivity contribution in [3.05, 3.63) is 39.6 Å². The number of rotatable bonds is 4. The third-order valence-corrected chi connectivity index (χ3v) is 6.37. The number of carbonyl (C=O) groups excluding carboxylic acids is 1. The Morgan fingerprint density at radius 2 is 2.00 bits per heavy atom. The number of hydrogen-bond acceptors (Lipinski definition) is 6. The summed E-state index contributed by atoms with van der Waals surface area (Å²) in [7, 11) is -3.53. The molecule has 0 spiro atoms. The molecule has 8 heteroatoms. The fourth-order valence-electron chi connectivity index (χ4n) is 2.87. The predicted molar refractivity (Wildman–Crippen MR) is 90.9 cm³/mol. The molecule has 1 atom stereocenters. The predicted octanol–water partition coefficient (Wildman–Crippen LogP) is 1.93. The van der Waals surface area contributed by atoms with Gasteiger partial charge in [0.2, 0.25) is 0 Å². The molecule has 0 bridgehead atoms. The van der Waals surface area contributed by atoms with E-state index in [0.717, 1.165) is 19.1 Å². The fourth-order valence-corrected chi connectivity index (χ4v) is 4.71. The Hall–Kier alpha value is -1.80. The molecule has 1 fully saturated rings. The number of carbonyl (C=O) groups is 1. The molecule has 0 radical (unpaired) electrons. The number of aryl methyl sites for hydroxylation is 1. The van der Waals surface area contributed by atoms with E-state index in [9.17, 15) is 17.4 Å². The monoisotopic (exact) mass is 367 g/mol. The van der Waals surface area contributed by atoms with E-state index in [1.807, 2.05) is 0 Å². The number of aromatic nitrogens is 1. The van der Waals surface area contributed by atoms with E-state index in [2.05, 4.69) is 5.16 Å². The van der Waals surface area contributed by atoms with Crippen LogP contribution in [0.5, 0.6) is 0 Å². The van der Waals surface area contributed by atoms with Gasteiger partial charge in [0.25, 0.3) is 0 Å². The molecule has 0 saturated heterocycles. The highest BCUT2D eigenvalue weighted by molar-refractivity contribution is 7.96. The third-order valence-electron chi connectivity index (χ3n) is 4.33. The smallest absolute Gasteiger partial charge is 0.195 e. The largest absolute Gasteiger partial charge is 0.360 e. The molecule has 1 saturated carbocycles. The molecule has 2 aliphatic carbocycles. The summed E-state index contributed by atoms with van der Waals surface area (Å²) in [4.78, 5) is 13.1. The van der Waals surface area contributed by atoms with Crippen LogP contribution in [-0.2, 0) is 21.1 Å². The SMILES string of the molecule is Cc1noc(C2CC2)c1C(=O)C1=CC=C(S(C)(=O)=O)C(=S=O)C1C. The maximum absolute atomic E-state index is 13.0. The molecule has 0 aliphatic heterocycles. The van der Waals surface area contributed by atoms with Crippen LogP contribution in [0.3, 0.4) is 0 Å². The van der Waals surface area contributed by atoms with E-state index >= 15 is 0 Å². The minimum atomic E-state index is -3.53. The van der Waals surface area contributed by atoms with Crippen molar-refractivity contribution in [2.75, 3.05) is 6.26 Å². The van der Waals surface area contributed by atoms with Gasteiger partial charge in [0.15, 0.2) is 21.4 Å². The van der Waals surface area contributed by atoms with Crippen LogP contribution in [0.25, 0.3) is 0 Å². The normalized spacial score (nSPS) is 21.3. The molecule has 2 aliphatic rings. The molecular formula is C16H17NO5S2. The summed E-state index contributed by atoms with van der Waals surface area (Å²) in [6.07, 6.45) is 5.82. The van der Waals surface area contributed by atoms with Crippen molar-refractivity contribution in [1.82, 2.24) is 5.16 Å². The Kier molecular flexibility index (Phi) is 4.21. The second kappa shape index (κ2) is 5.93. The van der Waals surface area contributed by atoms with Gasteiger partial charge in [-0.1, -0.05) is 18.2 Å². The molecular weight excluding hydrogens is 350 g/mol. The summed E-state index contributed by atoms with van der Waals surface area (Å²) in [6.45, 7) is 3.38. The first-order chi connectivity index (χ1) is 11.3. The lowest BCUT2D eigenvalue weighted by atomic mass is 9.86. The molecule has 1 heterocycles. The highest BCUT2D eigenvalue weighted by Crippen LogP contribution is 2.43. The quantitative estimate of drug-likeness (QED) is 0.596. The first kappa shape index (κ1) is 17.0. The van der Waals surface area contributed by atoms with Crippen molar-refractivity contribution in [2.24, 2.45) is 5.92 Å². The van der Waals surface area contributed by atoms with Crippen molar-refractivity contribution in [3.8, 4) is 0 Å². The van der Waals surface area contributed by atoms with E-state index in [-0.39, 0.29) is 32.7 Å².